The maximum Gasteiger partial charge on any atom is 0.271 e. The Kier molecular flexibility index (Phi) is 7.68. The summed E-state index contributed by atoms with van der Waals surface area (Å²) < 4.78 is 0. The van der Waals surface area contributed by atoms with E-state index in [0.29, 0.717) is 24.1 Å². The molecule has 1 heterocycles. The third kappa shape index (κ3) is 6.08. The number of carbonyl (C=O) groups is 1. The average molecular weight is 293 g/mol. The number of anilines is 1. The van der Waals surface area contributed by atoms with Crippen LogP contribution in [0.15, 0.2) is 12.1 Å². The lowest BCUT2D eigenvalue weighted by molar-refractivity contribution is 0.0941. The monoisotopic (exact) mass is 293 g/mol. The van der Waals surface area contributed by atoms with Gasteiger partial charge >= 0.3 is 0 Å². The highest BCUT2D eigenvalue weighted by Gasteiger charge is 2.10. The van der Waals surface area contributed by atoms with E-state index >= 15 is 0 Å². The van der Waals surface area contributed by atoms with Crippen LogP contribution in [-0.2, 0) is 0 Å². The van der Waals surface area contributed by atoms with Crippen LogP contribution in [0.5, 0.6) is 0 Å². The molecular formula is C15H27N5O. The van der Waals surface area contributed by atoms with Crippen LogP contribution in [0.3, 0.4) is 0 Å². The van der Waals surface area contributed by atoms with E-state index in [1.807, 2.05) is 0 Å². The number of rotatable bonds is 9. The molecule has 1 amide bonds. The van der Waals surface area contributed by atoms with Crippen LogP contribution in [0, 0.1) is 0 Å². The molecule has 0 bridgehead atoms. The van der Waals surface area contributed by atoms with Gasteiger partial charge in [-0.1, -0.05) is 13.8 Å². The Hall–Kier alpha value is -1.69. The van der Waals surface area contributed by atoms with Crippen molar-refractivity contribution in [2.75, 3.05) is 32.0 Å². The first kappa shape index (κ1) is 17.4. The second-order valence-electron chi connectivity index (χ2n) is 5.22. The standard InChI is InChI=1S/C15H27N5O/c1-5-9-16-14-8-7-13(18-19-14)15(21)17-10-11-20(4)12(3)6-2/h7-8,12H,5-6,9-11H2,1-4H3,(H,16,19)(H,17,21). The van der Waals surface area contributed by atoms with E-state index in [4.69, 9.17) is 0 Å². The van der Waals surface area contributed by atoms with E-state index in [1.165, 1.54) is 0 Å². The van der Waals surface area contributed by atoms with Crippen LogP contribution in [0.1, 0.15) is 44.1 Å². The van der Waals surface area contributed by atoms with Crippen molar-refractivity contribution in [1.29, 1.82) is 0 Å². The van der Waals surface area contributed by atoms with Gasteiger partial charge in [-0.3, -0.25) is 4.79 Å². The summed E-state index contributed by atoms with van der Waals surface area (Å²) in [5, 5.41) is 13.9. The van der Waals surface area contributed by atoms with Crippen molar-refractivity contribution in [2.45, 2.75) is 39.7 Å². The molecule has 1 unspecified atom stereocenters. The maximum absolute atomic E-state index is 11.9. The van der Waals surface area contributed by atoms with Crippen LogP contribution in [0.4, 0.5) is 5.82 Å². The quantitative estimate of drug-likeness (QED) is 0.726. The lowest BCUT2D eigenvalue weighted by Crippen LogP contribution is -2.37. The van der Waals surface area contributed by atoms with Gasteiger partial charge in [-0.05, 0) is 38.9 Å². The predicted molar refractivity (Wildman–Crippen MR) is 85.5 cm³/mol. The third-order valence-corrected chi connectivity index (χ3v) is 3.55. The minimum atomic E-state index is -0.179. The van der Waals surface area contributed by atoms with Crippen molar-refractivity contribution < 1.29 is 4.79 Å². The number of nitrogens with zero attached hydrogens (tertiary/aromatic N) is 3. The maximum atomic E-state index is 11.9. The molecule has 21 heavy (non-hydrogen) atoms. The Morgan fingerprint density at radius 2 is 2.05 bits per heavy atom. The van der Waals surface area contributed by atoms with Gasteiger partial charge in [0.25, 0.3) is 5.91 Å². The minimum Gasteiger partial charge on any atom is -0.369 e. The van der Waals surface area contributed by atoms with Gasteiger partial charge < -0.3 is 15.5 Å². The Labute approximate surface area is 127 Å². The van der Waals surface area contributed by atoms with E-state index in [1.54, 1.807) is 12.1 Å². The first-order chi connectivity index (χ1) is 10.1. The van der Waals surface area contributed by atoms with Gasteiger partial charge in [0, 0.05) is 25.7 Å². The summed E-state index contributed by atoms with van der Waals surface area (Å²) in [6, 6.07) is 3.99. The highest BCUT2D eigenvalue weighted by Crippen LogP contribution is 2.02. The third-order valence-electron chi connectivity index (χ3n) is 3.55. The molecule has 1 atom stereocenters. The second-order valence-corrected chi connectivity index (χ2v) is 5.22. The van der Waals surface area contributed by atoms with E-state index < -0.39 is 0 Å². The van der Waals surface area contributed by atoms with Gasteiger partial charge in [-0.2, -0.15) is 0 Å². The van der Waals surface area contributed by atoms with E-state index in [9.17, 15) is 4.79 Å². The number of carbonyl (C=O) groups excluding carboxylic acids is 1. The first-order valence-corrected chi connectivity index (χ1v) is 7.64. The number of likely N-dealkylation sites (N-methyl/N-ethyl adjacent to an activating group) is 1. The summed E-state index contributed by atoms with van der Waals surface area (Å²) >= 11 is 0. The molecule has 2 N–H and O–H groups in total. The molecule has 1 aromatic heterocycles. The molecule has 0 aliphatic heterocycles. The lowest BCUT2D eigenvalue weighted by atomic mass is 10.2. The van der Waals surface area contributed by atoms with Gasteiger partial charge in [0.1, 0.15) is 5.82 Å². The Morgan fingerprint density at radius 1 is 1.29 bits per heavy atom. The Bertz CT molecular complexity index is 421. The zero-order valence-corrected chi connectivity index (χ0v) is 13.5. The average Bonchev–Trinajstić information content (AvgIpc) is 2.52. The van der Waals surface area contributed by atoms with E-state index in [-0.39, 0.29) is 5.91 Å². The van der Waals surface area contributed by atoms with Gasteiger partial charge in [0.2, 0.25) is 0 Å². The van der Waals surface area contributed by atoms with Crippen molar-refractivity contribution in [3.63, 3.8) is 0 Å². The molecule has 6 heteroatoms. The summed E-state index contributed by atoms with van der Waals surface area (Å²) in [5.41, 5.74) is 0.350. The predicted octanol–water partition coefficient (Wildman–Crippen LogP) is 1.76. The molecule has 0 spiro atoms. The molecule has 1 aromatic rings. The van der Waals surface area contributed by atoms with E-state index in [0.717, 1.165) is 25.9 Å². The fraction of sp³-hybridized carbons (Fsp3) is 0.667. The van der Waals surface area contributed by atoms with Crippen LogP contribution < -0.4 is 10.6 Å². The molecule has 0 aromatic carbocycles. The number of nitrogens with one attached hydrogen (secondary N) is 2. The Morgan fingerprint density at radius 3 is 2.62 bits per heavy atom. The van der Waals surface area contributed by atoms with Gasteiger partial charge in [0.15, 0.2) is 5.69 Å². The van der Waals surface area contributed by atoms with Gasteiger partial charge in [-0.15, -0.1) is 10.2 Å². The lowest BCUT2D eigenvalue weighted by Gasteiger charge is -2.23. The van der Waals surface area contributed by atoms with Crippen LogP contribution in [0.2, 0.25) is 0 Å². The van der Waals surface area contributed by atoms with Crippen molar-refractivity contribution in [3.8, 4) is 0 Å². The van der Waals surface area contributed by atoms with Crippen LogP contribution in [-0.4, -0.2) is 53.7 Å². The number of hydrogen-bond donors (Lipinski definition) is 2. The van der Waals surface area contributed by atoms with E-state index in [2.05, 4.69) is 53.5 Å². The normalized spacial score (nSPS) is 12.2. The first-order valence-electron chi connectivity index (χ1n) is 7.64. The number of amides is 1. The molecule has 0 fully saturated rings. The molecule has 1 rings (SSSR count). The summed E-state index contributed by atoms with van der Waals surface area (Å²) in [6.45, 7) is 8.70. The molecular weight excluding hydrogens is 266 g/mol. The van der Waals surface area contributed by atoms with Gasteiger partial charge in [0.05, 0.1) is 0 Å². The topological polar surface area (TPSA) is 70.2 Å². The summed E-state index contributed by atoms with van der Waals surface area (Å²) in [4.78, 5) is 14.2. The molecule has 0 saturated carbocycles. The molecule has 0 aliphatic rings. The highest BCUT2D eigenvalue weighted by molar-refractivity contribution is 5.92. The highest BCUT2D eigenvalue weighted by atomic mass is 16.1. The largest absolute Gasteiger partial charge is 0.369 e. The second kappa shape index (κ2) is 9.28. The van der Waals surface area contributed by atoms with Crippen molar-refractivity contribution >= 4 is 11.7 Å². The zero-order chi connectivity index (χ0) is 15.7. The van der Waals surface area contributed by atoms with Gasteiger partial charge in [-0.25, -0.2) is 0 Å². The fourth-order valence-corrected chi connectivity index (χ4v) is 1.77. The minimum absolute atomic E-state index is 0.179. The summed E-state index contributed by atoms with van der Waals surface area (Å²) in [7, 11) is 2.06. The molecule has 118 valence electrons. The molecule has 6 nitrogen and oxygen atoms in total. The van der Waals surface area contributed by atoms with Crippen molar-refractivity contribution in [1.82, 2.24) is 20.4 Å². The van der Waals surface area contributed by atoms with Crippen LogP contribution >= 0.6 is 0 Å². The molecule has 0 radical (unpaired) electrons. The smallest absolute Gasteiger partial charge is 0.271 e. The van der Waals surface area contributed by atoms with Crippen molar-refractivity contribution in [2.24, 2.45) is 0 Å². The summed E-state index contributed by atoms with van der Waals surface area (Å²) in [5.74, 6) is 0.520. The van der Waals surface area contributed by atoms with Crippen molar-refractivity contribution in [3.05, 3.63) is 17.8 Å². The SMILES string of the molecule is CCCNc1ccc(C(=O)NCCN(C)C(C)CC)nn1. The number of hydrogen-bond acceptors (Lipinski definition) is 5. The molecule has 0 aliphatic carbocycles. The zero-order valence-electron chi connectivity index (χ0n) is 13.5. The molecule has 0 saturated heterocycles. The summed E-state index contributed by atoms with van der Waals surface area (Å²) in [6.07, 6.45) is 2.12. The van der Waals surface area contributed by atoms with Crippen LogP contribution in [0.25, 0.3) is 0 Å². The Balaban J connectivity index is 2.38. The number of aromatic nitrogens is 2. The fourth-order valence-electron chi connectivity index (χ4n) is 1.77.